The highest BCUT2D eigenvalue weighted by atomic mass is 16.2. The van der Waals surface area contributed by atoms with Gasteiger partial charge in [0.2, 0.25) is 0 Å². The molecule has 30 heavy (non-hydrogen) atoms. The van der Waals surface area contributed by atoms with Crippen LogP contribution in [-0.2, 0) is 9.59 Å². The van der Waals surface area contributed by atoms with Gasteiger partial charge in [-0.05, 0) is 41.5 Å². The minimum atomic E-state index is -0.0125. The first-order chi connectivity index (χ1) is 14.5. The van der Waals surface area contributed by atoms with E-state index in [9.17, 15) is 9.59 Å². The van der Waals surface area contributed by atoms with Crippen molar-refractivity contribution >= 4 is 46.5 Å². The predicted molar refractivity (Wildman–Crippen MR) is 122 cm³/mol. The van der Waals surface area contributed by atoms with Gasteiger partial charge in [-0.3, -0.25) is 9.59 Å². The van der Waals surface area contributed by atoms with Gasteiger partial charge in [0.25, 0.3) is 11.8 Å². The van der Waals surface area contributed by atoms with Crippen molar-refractivity contribution < 1.29 is 9.59 Å². The first-order valence-corrected chi connectivity index (χ1v) is 9.83. The average molecular weight is 392 g/mol. The van der Waals surface area contributed by atoms with E-state index in [1.165, 1.54) is 0 Å². The van der Waals surface area contributed by atoms with Crippen molar-refractivity contribution in [2.24, 2.45) is 0 Å². The maximum absolute atomic E-state index is 12.7. The molecule has 2 heterocycles. The van der Waals surface area contributed by atoms with Gasteiger partial charge in [0.05, 0.1) is 11.4 Å². The van der Waals surface area contributed by atoms with Crippen LogP contribution >= 0.6 is 0 Å². The molecule has 3 aromatic rings. The summed E-state index contributed by atoms with van der Waals surface area (Å²) in [5.41, 5.74) is 6.92. The summed E-state index contributed by atoms with van der Waals surface area (Å²) in [5.74, 6) is -0.0250. The van der Waals surface area contributed by atoms with Crippen LogP contribution in [0.1, 0.15) is 22.3 Å². The van der Waals surface area contributed by atoms with Crippen LogP contribution in [0.15, 0.2) is 72.8 Å². The number of likely N-dealkylation sites (N-methyl/N-ethyl adjacent to an activating group) is 2. The van der Waals surface area contributed by atoms with E-state index in [2.05, 4.69) is 0 Å². The Morgan fingerprint density at radius 1 is 0.600 bits per heavy atom. The minimum Gasteiger partial charge on any atom is -0.311 e. The van der Waals surface area contributed by atoms with Crippen LogP contribution in [0.3, 0.4) is 0 Å². The van der Waals surface area contributed by atoms with Crippen molar-refractivity contribution in [1.82, 2.24) is 0 Å². The quantitative estimate of drug-likeness (QED) is 0.592. The molecule has 3 aromatic carbocycles. The van der Waals surface area contributed by atoms with Crippen molar-refractivity contribution in [2.45, 2.75) is 0 Å². The lowest BCUT2D eigenvalue weighted by molar-refractivity contribution is -0.113. The molecule has 0 bridgehead atoms. The minimum absolute atomic E-state index is 0.0125. The molecule has 0 unspecified atom stereocenters. The number of hydrogen-bond donors (Lipinski definition) is 0. The van der Waals surface area contributed by atoms with Crippen LogP contribution in [0.4, 0.5) is 11.4 Å². The van der Waals surface area contributed by atoms with E-state index in [0.717, 1.165) is 33.6 Å². The average Bonchev–Trinajstić information content (AvgIpc) is 3.15. The summed E-state index contributed by atoms with van der Waals surface area (Å²) in [6.45, 7) is 0. The van der Waals surface area contributed by atoms with Crippen LogP contribution in [0, 0.1) is 0 Å². The first-order valence-electron chi connectivity index (χ1n) is 9.83. The molecule has 0 atom stereocenters. The summed E-state index contributed by atoms with van der Waals surface area (Å²) in [5, 5.41) is 0. The van der Waals surface area contributed by atoms with Crippen LogP contribution < -0.4 is 9.80 Å². The van der Waals surface area contributed by atoms with E-state index in [4.69, 9.17) is 0 Å². The number of benzene rings is 3. The summed E-state index contributed by atoms with van der Waals surface area (Å²) < 4.78 is 0. The third-order valence-electron chi connectivity index (χ3n) is 5.71. The SMILES string of the molecule is CN1C(=O)C(=Cc2cccc(C=C3C(=O)N(C)c4ccccc43)c2)c2ccccc21. The second-order valence-corrected chi connectivity index (χ2v) is 7.55. The van der Waals surface area contributed by atoms with E-state index in [-0.39, 0.29) is 11.8 Å². The van der Waals surface area contributed by atoms with Crippen molar-refractivity contribution in [2.75, 3.05) is 23.9 Å². The van der Waals surface area contributed by atoms with E-state index in [1.54, 1.807) is 23.9 Å². The number of nitrogens with zero attached hydrogens (tertiary/aromatic N) is 2. The van der Waals surface area contributed by atoms with Gasteiger partial charge in [0.1, 0.15) is 0 Å². The van der Waals surface area contributed by atoms with E-state index >= 15 is 0 Å². The zero-order valence-electron chi connectivity index (χ0n) is 16.8. The number of amides is 2. The fourth-order valence-corrected chi connectivity index (χ4v) is 4.15. The van der Waals surface area contributed by atoms with E-state index in [0.29, 0.717) is 11.1 Å². The Morgan fingerprint density at radius 3 is 1.50 bits per heavy atom. The Balaban J connectivity index is 1.55. The molecule has 0 N–H and O–H groups in total. The molecule has 4 nitrogen and oxygen atoms in total. The molecule has 0 spiro atoms. The molecule has 5 rings (SSSR count). The van der Waals surface area contributed by atoms with Crippen molar-refractivity contribution in [3.8, 4) is 0 Å². The van der Waals surface area contributed by atoms with Crippen LogP contribution in [0.5, 0.6) is 0 Å². The zero-order valence-corrected chi connectivity index (χ0v) is 16.8. The molecule has 4 heteroatoms. The third-order valence-corrected chi connectivity index (χ3v) is 5.71. The van der Waals surface area contributed by atoms with Gasteiger partial charge in [-0.15, -0.1) is 0 Å². The van der Waals surface area contributed by atoms with Gasteiger partial charge < -0.3 is 9.80 Å². The lowest BCUT2D eigenvalue weighted by Crippen LogP contribution is -2.20. The Hall–Kier alpha value is -3.92. The normalized spacial score (nSPS) is 17.8. The third kappa shape index (κ3) is 2.77. The number of para-hydroxylation sites is 2. The lowest BCUT2D eigenvalue weighted by atomic mass is 10.0. The van der Waals surface area contributed by atoms with Gasteiger partial charge in [-0.1, -0.05) is 54.6 Å². The molecule has 2 aliphatic rings. The fraction of sp³-hybridized carbons (Fsp3) is 0.0769. The largest absolute Gasteiger partial charge is 0.311 e. The van der Waals surface area contributed by atoms with Gasteiger partial charge in [0, 0.05) is 36.4 Å². The number of hydrogen-bond acceptors (Lipinski definition) is 2. The summed E-state index contributed by atoms with van der Waals surface area (Å²) in [7, 11) is 3.59. The number of carbonyl (C=O) groups is 2. The summed E-state index contributed by atoms with van der Waals surface area (Å²) in [4.78, 5) is 28.8. The van der Waals surface area contributed by atoms with Crippen LogP contribution in [0.25, 0.3) is 23.3 Å². The standard InChI is InChI=1S/C26H20N2O2/c1-27-23-12-5-3-10-19(23)21(25(27)29)15-17-8-7-9-18(14-17)16-22-20-11-4-6-13-24(20)28(2)26(22)30/h3-16H,1-2H3. The molecule has 0 saturated heterocycles. The molecule has 2 aliphatic heterocycles. The Labute approximate surface area is 175 Å². The summed E-state index contributed by atoms with van der Waals surface area (Å²) >= 11 is 0. The zero-order chi connectivity index (χ0) is 20.8. The van der Waals surface area contributed by atoms with Gasteiger partial charge in [0.15, 0.2) is 0 Å². The monoisotopic (exact) mass is 392 g/mol. The van der Waals surface area contributed by atoms with E-state index in [1.807, 2.05) is 84.9 Å². The number of fused-ring (bicyclic) bond motifs is 2. The van der Waals surface area contributed by atoms with Crippen LogP contribution in [0.2, 0.25) is 0 Å². The fourth-order valence-electron chi connectivity index (χ4n) is 4.15. The maximum atomic E-state index is 12.7. The Kier molecular flexibility index (Phi) is 4.14. The first kappa shape index (κ1) is 18.1. The molecule has 0 saturated carbocycles. The van der Waals surface area contributed by atoms with Crippen molar-refractivity contribution in [3.05, 3.63) is 95.1 Å². The molecule has 0 radical (unpaired) electrons. The highest BCUT2D eigenvalue weighted by molar-refractivity contribution is 6.36. The summed E-state index contributed by atoms with van der Waals surface area (Å²) in [6.07, 6.45) is 3.84. The summed E-state index contributed by atoms with van der Waals surface area (Å²) in [6, 6.07) is 23.5. The van der Waals surface area contributed by atoms with E-state index < -0.39 is 0 Å². The van der Waals surface area contributed by atoms with Gasteiger partial charge >= 0.3 is 0 Å². The Bertz CT molecular complexity index is 1170. The van der Waals surface area contributed by atoms with Crippen molar-refractivity contribution in [3.63, 3.8) is 0 Å². The molecule has 0 aromatic heterocycles. The van der Waals surface area contributed by atoms with Crippen molar-refractivity contribution in [1.29, 1.82) is 0 Å². The predicted octanol–water partition coefficient (Wildman–Crippen LogP) is 4.72. The highest BCUT2D eigenvalue weighted by Gasteiger charge is 2.30. The molecule has 0 aliphatic carbocycles. The molecular formula is C26H20N2O2. The van der Waals surface area contributed by atoms with Gasteiger partial charge in [-0.2, -0.15) is 0 Å². The smallest absolute Gasteiger partial charge is 0.258 e. The molecular weight excluding hydrogens is 372 g/mol. The topological polar surface area (TPSA) is 40.6 Å². The second-order valence-electron chi connectivity index (χ2n) is 7.55. The number of rotatable bonds is 2. The maximum Gasteiger partial charge on any atom is 0.258 e. The molecule has 0 fully saturated rings. The number of carbonyl (C=O) groups excluding carboxylic acids is 2. The highest BCUT2D eigenvalue weighted by Crippen LogP contribution is 2.38. The molecule has 146 valence electrons. The molecule has 2 amide bonds. The number of anilines is 2. The Morgan fingerprint density at radius 2 is 1.03 bits per heavy atom. The van der Waals surface area contributed by atoms with Crippen LogP contribution in [-0.4, -0.2) is 25.9 Å². The van der Waals surface area contributed by atoms with Gasteiger partial charge in [-0.25, -0.2) is 0 Å². The lowest BCUT2D eigenvalue weighted by Gasteiger charge is -2.08. The second kappa shape index (κ2) is 6.85.